The molecule has 0 aromatic heterocycles. The number of rotatable bonds is 4. The minimum Gasteiger partial charge on any atom is -0.478 e. The van der Waals surface area contributed by atoms with Crippen LogP contribution in [0, 0.1) is 0 Å². The van der Waals surface area contributed by atoms with Crippen molar-refractivity contribution in [2.75, 3.05) is 18.1 Å². The molecule has 1 aromatic rings. The summed E-state index contributed by atoms with van der Waals surface area (Å²) < 4.78 is 5.71. The van der Waals surface area contributed by atoms with Gasteiger partial charge in [-0.05, 0) is 37.1 Å². The summed E-state index contributed by atoms with van der Waals surface area (Å²) in [6.07, 6.45) is 3.86. The molecule has 1 aromatic carbocycles. The van der Waals surface area contributed by atoms with E-state index < -0.39 is 5.97 Å². The van der Waals surface area contributed by atoms with Gasteiger partial charge in [0, 0.05) is 23.3 Å². The van der Waals surface area contributed by atoms with E-state index in [1.165, 1.54) is 0 Å². The van der Waals surface area contributed by atoms with Crippen LogP contribution in [-0.4, -0.2) is 36.4 Å². The van der Waals surface area contributed by atoms with Gasteiger partial charge in [-0.3, -0.25) is 0 Å². The van der Waals surface area contributed by atoms with Crippen molar-refractivity contribution in [2.24, 2.45) is 0 Å². The number of halogens is 1. The lowest BCUT2D eigenvalue weighted by Crippen LogP contribution is -2.49. The third kappa shape index (κ3) is 3.99. The molecular weight excluding hydrogens is 290 g/mol. The predicted molar refractivity (Wildman–Crippen MR) is 85.0 cm³/mol. The predicted octanol–water partition coefficient (Wildman–Crippen LogP) is 3.44. The van der Waals surface area contributed by atoms with Gasteiger partial charge in [-0.2, -0.15) is 0 Å². The Bertz CT molecular complexity index is 544. The van der Waals surface area contributed by atoms with E-state index in [1.807, 2.05) is 19.1 Å². The Labute approximate surface area is 130 Å². The minimum atomic E-state index is -0.960. The van der Waals surface area contributed by atoms with E-state index in [4.69, 9.17) is 21.4 Å². The molecule has 2 atom stereocenters. The fourth-order valence-electron chi connectivity index (χ4n) is 2.54. The number of nitrogens with zero attached hydrogens (tertiary/aromatic N) is 1. The first kappa shape index (κ1) is 15.9. The first-order valence-corrected chi connectivity index (χ1v) is 7.48. The quantitative estimate of drug-likeness (QED) is 0.866. The van der Waals surface area contributed by atoms with E-state index in [9.17, 15) is 4.79 Å². The average molecular weight is 310 g/mol. The molecule has 0 spiro atoms. The first-order chi connectivity index (χ1) is 10.0. The zero-order valence-corrected chi connectivity index (χ0v) is 13.0. The molecule has 2 unspecified atom stereocenters. The summed E-state index contributed by atoms with van der Waals surface area (Å²) in [5.74, 6) is -0.960. The lowest BCUT2D eigenvalue weighted by Gasteiger charge is -2.40. The molecule has 4 nitrogen and oxygen atoms in total. The van der Waals surface area contributed by atoms with Gasteiger partial charge in [0.1, 0.15) is 0 Å². The van der Waals surface area contributed by atoms with E-state index in [0.717, 1.165) is 30.3 Å². The van der Waals surface area contributed by atoms with Gasteiger partial charge in [-0.25, -0.2) is 4.79 Å². The van der Waals surface area contributed by atoms with Crippen molar-refractivity contribution in [2.45, 2.75) is 32.4 Å². The summed E-state index contributed by atoms with van der Waals surface area (Å²) in [7, 11) is 0. The summed E-state index contributed by atoms with van der Waals surface area (Å²) in [4.78, 5) is 13.0. The molecule has 1 fully saturated rings. The van der Waals surface area contributed by atoms with Crippen LogP contribution >= 0.6 is 11.6 Å². The number of hydrogen-bond acceptors (Lipinski definition) is 3. The standard InChI is InChI=1S/C16H20ClNO3/c1-3-14-10-21-11(2)9-18(14)15-8-13(17)6-4-12(15)5-7-16(19)20/h4-8,11,14H,3,9-10H2,1-2H3,(H,19,20)/b7-5+. The van der Waals surface area contributed by atoms with Crippen LogP contribution in [0.4, 0.5) is 5.69 Å². The maximum absolute atomic E-state index is 10.8. The van der Waals surface area contributed by atoms with Gasteiger partial charge in [0.15, 0.2) is 0 Å². The first-order valence-electron chi connectivity index (χ1n) is 7.10. The molecule has 5 heteroatoms. The van der Waals surface area contributed by atoms with E-state index in [2.05, 4.69) is 11.8 Å². The zero-order chi connectivity index (χ0) is 15.4. The molecule has 0 amide bonds. The summed E-state index contributed by atoms with van der Waals surface area (Å²) in [5, 5.41) is 9.47. The van der Waals surface area contributed by atoms with Crippen LogP contribution in [-0.2, 0) is 9.53 Å². The van der Waals surface area contributed by atoms with E-state index in [0.29, 0.717) is 11.6 Å². The number of hydrogen-bond donors (Lipinski definition) is 1. The van der Waals surface area contributed by atoms with Gasteiger partial charge in [0.05, 0.1) is 18.8 Å². The van der Waals surface area contributed by atoms with Crippen molar-refractivity contribution < 1.29 is 14.6 Å². The highest BCUT2D eigenvalue weighted by Crippen LogP contribution is 2.30. The minimum absolute atomic E-state index is 0.142. The Morgan fingerprint density at radius 1 is 1.57 bits per heavy atom. The van der Waals surface area contributed by atoms with Gasteiger partial charge in [-0.1, -0.05) is 24.6 Å². The molecule has 1 heterocycles. The smallest absolute Gasteiger partial charge is 0.328 e. The second-order valence-corrected chi connectivity index (χ2v) is 5.67. The SMILES string of the molecule is CCC1COC(C)CN1c1cc(Cl)ccc1/C=C/C(=O)O. The van der Waals surface area contributed by atoms with Crippen molar-refractivity contribution in [3.05, 3.63) is 34.9 Å². The average Bonchev–Trinajstić information content (AvgIpc) is 2.45. The third-order valence-electron chi connectivity index (χ3n) is 3.65. The fourth-order valence-corrected chi connectivity index (χ4v) is 2.71. The number of anilines is 1. The molecule has 0 bridgehead atoms. The molecule has 114 valence electrons. The highest BCUT2D eigenvalue weighted by Gasteiger charge is 2.27. The molecule has 0 aliphatic carbocycles. The Morgan fingerprint density at radius 3 is 3.00 bits per heavy atom. The number of carbonyl (C=O) groups is 1. The lowest BCUT2D eigenvalue weighted by molar-refractivity contribution is -0.131. The molecular formula is C16H20ClNO3. The van der Waals surface area contributed by atoms with E-state index in [-0.39, 0.29) is 12.1 Å². The van der Waals surface area contributed by atoms with Crippen molar-refractivity contribution in [3.63, 3.8) is 0 Å². The monoisotopic (exact) mass is 309 g/mol. The zero-order valence-electron chi connectivity index (χ0n) is 12.3. The number of ether oxygens (including phenoxy) is 1. The summed E-state index contributed by atoms with van der Waals surface area (Å²) in [5.41, 5.74) is 1.82. The molecule has 2 rings (SSSR count). The number of carboxylic acid groups (broad SMARTS) is 1. The van der Waals surface area contributed by atoms with Crippen molar-refractivity contribution >= 4 is 29.3 Å². The van der Waals surface area contributed by atoms with Crippen LogP contribution in [0.5, 0.6) is 0 Å². The lowest BCUT2D eigenvalue weighted by atomic mass is 10.1. The Balaban J connectivity index is 2.39. The Kier molecular flexibility index (Phi) is 5.26. The maximum Gasteiger partial charge on any atom is 0.328 e. The van der Waals surface area contributed by atoms with Crippen LogP contribution in [0.25, 0.3) is 6.08 Å². The van der Waals surface area contributed by atoms with Gasteiger partial charge in [-0.15, -0.1) is 0 Å². The maximum atomic E-state index is 10.8. The topological polar surface area (TPSA) is 49.8 Å². The van der Waals surface area contributed by atoms with Crippen LogP contribution in [0.15, 0.2) is 24.3 Å². The molecule has 21 heavy (non-hydrogen) atoms. The van der Waals surface area contributed by atoms with E-state index in [1.54, 1.807) is 12.1 Å². The van der Waals surface area contributed by atoms with Gasteiger partial charge >= 0.3 is 5.97 Å². The largest absolute Gasteiger partial charge is 0.478 e. The molecule has 1 aliphatic rings. The fraction of sp³-hybridized carbons (Fsp3) is 0.438. The number of aliphatic carboxylic acids is 1. The molecule has 1 aliphatic heterocycles. The van der Waals surface area contributed by atoms with Gasteiger partial charge in [0.25, 0.3) is 0 Å². The van der Waals surface area contributed by atoms with Crippen molar-refractivity contribution in [1.29, 1.82) is 0 Å². The molecule has 1 saturated heterocycles. The van der Waals surface area contributed by atoms with Gasteiger partial charge in [0.2, 0.25) is 0 Å². The summed E-state index contributed by atoms with van der Waals surface area (Å²) in [6, 6.07) is 5.79. The number of benzene rings is 1. The Morgan fingerprint density at radius 2 is 2.33 bits per heavy atom. The van der Waals surface area contributed by atoms with Crippen LogP contribution in [0.3, 0.4) is 0 Å². The second kappa shape index (κ2) is 6.96. The highest BCUT2D eigenvalue weighted by molar-refractivity contribution is 6.31. The third-order valence-corrected chi connectivity index (χ3v) is 3.88. The summed E-state index contributed by atoms with van der Waals surface area (Å²) in [6.45, 7) is 5.60. The molecule has 0 radical (unpaired) electrons. The van der Waals surface area contributed by atoms with Crippen molar-refractivity contribution in [1.82, 2.24) is 0 Å². The van der Waals surface area contributed by atoms with Gasteiger partial charge < -0.3 is 14.7 Å². The van der Waals surface area contributed by atoms with Crippen LogP contribution in [0.2, 0.25) is 5.02 Å². The van der Waals surface area contributed by atoms with E-state index >= 15 is 0 Å². The summed E-state index contributed by atoms with van der Waals surface area (Å²) >= 11 is 6.13. The van der Waals surface area contributed by atoms with Crippen LogP contribution in [0.1, 0.15) is 25.8 Å². The number of carboxylic acids is 1. The number of morpholine rings is 1. The highest BCUT2D eigenvalue weighted by atomic mass is 35.5. The van der Waals surface area contributed by atoms with Crippen LogP contribution < -0.4 is 4.90 Å². The molecule has 1 N–H and O–H groups in total. The molecule has 0 saturated carbocycles. The second-order valence-electron chi connectivity index (χ2n) is 5.23. The normalized spacial score (nSPS) is 22.7. The van der Waals surface area contributed by atoms with Crippen molar-refractivity contribution in [3.8, 4) is 0 Å². The Hall–Kier alpha value is -1.52.